The molecule has 9 heteroatoms. The molecular weight excluding hydrogens is 423 g/mol. The van der Waals surface area contributed by atoms with Gasteiger partial charge in [-0.3, -0.25) is 4.79 Å². The summed E-state index contributed by atoms with van der Waals surface area (Å²) >= 11 is 5.98. The molecule has 0 saturated heterocycles. The summed E-state index contributed by atoms with van der Waals surface area (Å²) in [5, 5.41) is 3.98. The summed E-state index contributed by atoms with van der Waals surface area (Å²) in [6, 6.07) is 14.3. The van der Waals surface area contributed by atoms with Gasteiger partial charge in [0.25, 0.3) is 0 Å². The van der Waals surface area contributed by atoms with E-state index in [0.717, 1.165) is 11.5 Å². The van der Waals surface area contributed by atoms with Crippen molar-refractivity contribution in [2.75, 3.05) is 0 Å². The predicted molar refractivity (Wildman–Crippen MR) is 107 cm³/mol. The van der Waals surface area contributed by atoms with Crippen LogP contribution in [0.3, 0.4) is 0 Å². The van der Waals surface area contributed by atoms with Gasteiger partial charge in [0.15, 0.2) is 0 Å². The number of hydrogen-bond acceptors (Lipinski definition) is 4. The van der Waals surface area contributed by atoms with Crippen molar-refractivity contribution < 1.29 is 27.4 Å². The van der Waals surface area contributed by atoms with Crippen molar-refractivity contribution in [1.82, 2.24) is 5.09 Å². The van der Waals surface area contributed by atoms with Crippen LogP contribution in [0.2, 0.25) is 0 Å². The third kappa shape index (κ3) is 5.54. The lowest BCUT2D eigenvalue weighted by Gasteiger charge is -2.19. The van der Waals surface area contributed by atoms with E-state index < -0.39 is 37.1 Å². The van der Waals surface area contributed by atoms with Crippen LogP contribution in [-0.2, 0) is 20.7 Å². The fraction of sp³-hybridized carbons (Fsp3) is 0.150. The molecule has 0 aliphatic heterocycles. The topological polar surface area (TPSA) is 64.6 Å². The van der Waals surface area contributed by atoms with Crippen LogP contribution in [0, 0.1) is 11.6 Å². The molecular formula is C20H17ClF2NO4P. The highest BCUT2D eigenvalue weighted by Crippen LogP contribution is 2.50. The number of rotatable bonds is 7. The van der Waals surface area contributed by atoms with Crippen molar-refractivity contribution >= 4 is 34.9 Å². The molecule has 1 N–H and O–H groups in total. The summed E-state index contributed by atoms with van der Waals surface area (Å²) in [7, 11) is 0. The minimum Gasteiger partial charge on any atom is -0.460 e. The van der Waals surface area contributed by atoms with E-state index in [2.05, 4.69) is 5.09 Å². The summed E-state index contributed by atoms with van der Waals surface area (Å²) in [6.45, 7) is -2.97. The summed E-state index contributed by atoms with van der Waals surface area (Å²) < 4.78 is 49.6. The number of nitrogens with one attached hydrogen (secondary N) is 1. The van der Waals surface area contributed by atoms with Crippen molar-refractivity contribution in [3.8, 4) is 5.75 Å². The van der Waals surface area contributed by atoms with Gasteiger partial charge in [0, 0.05) is 28.3 Å². The molecule has 0 spiro atoms. The molecule has 0 bridgehead atoms. The molecule has 0 saturated carbocycles. The van der Waals surface area contributed by atoms with Gasteiger partial charge in [0.1, 0.15) is 30.0 Å². The van der Waals surface area contributed by atoms with Crippen LogP contribution >= 0.6 is 18.1 Å². The van der Waals surface area contributed by atoms with E-state index in [-0.39, 0.29) is 5.56 Å². The number of carbonyl (C=O) groups excluding carboxylic acids is 1. The third-order valence-electron chi connectivity index (χ3n) is 4.05. The fourth-order valence-corrected chi connectivity index (χ4v) is 4.32. The SMILES string of the molecule is C[C@H](NP(=O)(Cl)Oc1cccc2ccccc12)C(=O)OCc1ccc(F)cc1F. The van der Waals surface area contributed by atoms with Crippen LogP contribution in [0.4, 0.5) is 8.78 Å². The zero-order valence-electron chi connectivity index (χ0n) is 15.3. The van der Waals surface area contributed by atoms with Crippen LogP contribution in [0.5, 0.6) is 5.75 Å². The summed E-state index contributed by atoms with van der Waals surface area (Å²) in [5.41, 5.74) is 0.00742. The van der Waals surface area contributed by atoms with E-state index in [4.69, 9.17) is 20.5 Å². The monoisotopic (exact) mass is 439 g/mol. The van der Waals surface area contributed by atoms with Crippen LogP contribution in [-0.4, -0.2) is 12.0 Å². The average Bonchev–Trinajstić information content (AvgIpc) is 2.66. The Hall–Kier alpha value is -2.47. The molecule has 3 rings (SSSR count). The zero-order valence-corrected chi connectivity index (χ0v) is 16.9. The molecule has 0 heterocycles. The second-order valence-electron chi connectivity index (χ2n) is 6.24. The average molecular weight is 440 g/mol. The Labute approximate surface area is 170 Å². The first-order valence-electron chi connectivity index (χ1n) is 8.60. The molecule has 29 heavy (non-hydrogen) atoms. The van der Waals surface area contributed by atoms with Crippen molar-refractivity contribution in [3.63, 3.8) is 0 Å². The summed E-state index contributed by atoms with van der Waals surface area (Å²) in [5.74, 6) is -2.10. The first kappa shape index (κ1) is 21.2. The molecule has 1 unspecified atom stereocenters. The fourth-order valence-electron chi connectivity index (χ4n) is 2.62. The van der Waals surface area contributed by atoms with Crippen LogP contribution in [0.1, 0.15) is 12.5 Å². The van der Waals surface area contributed by atoms with E-state index in [9.17, 15) is 18.1 Å². The van der Waals surface area contributed by atoms with E-state index in [1.54, 1.807) is 24.3 Å². The number of halogens is 3. The maximum absolute atomic E-state index is 13.6. The Bertz CT molecular complexity index is 1090. The van der Waals surface area contributed by atoms with Gasteiger partial charge in [0.2, 0.25) is 0 Å². The quantitative estimate of drug-likeness (QED) is 0.385. The van der Waals surface area contributed by atoms with Crippen molar-refractivity contribution in [1.29, 1.82) is 0 Å². The van der Waals surface area contributed by atoms with Gasteiger partial charge < -0.3 is 9.26 Å². The number of esters is 1. The lowest BCUT2D eigenvalue weighted by atomic mass is 10.1. The highest BCUT2D eigenvalue weighted by Gasteiger charge is 2.28. The van der Waals surface area contributed by atoms with Gasteiger partial charge in [-0.2, -0.15) is 0 Å². The number of ether oxygens (including phenoxy) is 1. The maximum atomic E-state index is 13.6. The smallest absolute Gasteiger partial charge is 0.409 e. The van der Waals surface area contributed by atoms with Gasteiger partial charge >= 0.3 is 12.8 Å². The van der Waals surface area contributed by atoms with Gasteiger partial charge in [-0.1, -0.05) is 36.4 Å². The van der Waals surface area contributed by atoms with Crippen LogP contribution in [0.25, 0.3) is 10.8 Å². The molecule has 0 amide bonds. The minimum absolute atomic E-state index is 0.00742. The Morgan fingerprint density at radius 2 is 1.86 bits per heavy atom. The van der Waals surface area contributed by atoms with E-state index >= 15 is 0 Å². The normalized spacial score (nSPS) is 14.2. The zero-order chi connectivity index (χ0) is 21.0. The Morgan fingerprint density at radius 3 is 2.62 bits per heavy atom. The number of benzene rings is 3. The van der Waals surface area contributed by atoms with Crippen LogP contribution in [0.15, 0.2) is 60.7 Å². The second kappa shape index (κ2) is 8.91. The molecule has 0 aromatic heterocycles. The molecule has 3 aromatic carbocycles. The van der Waals surface area contributed by atoms with E-state index in [1.807, 2.05) is 18.2 Å². The van der Waals surface area contributed by atoms with E-state index in [1.165, 1.54) is 13.0 Å². The molecule has 3 aromatic rings. The maximum Gasteiger partial charge on any atom is 0.409 e. The number of hydrogen-bond donors (Lipinski definition) is 1. The number of carbonyl (C=O) groups is 1. The van der Waals surface area contributed by atoms with Crippen molar-refractivity contribution in [2.45, 2.75) is 19.6 Å². The number of fused-ring (bicyclic) bond motifs is 1. The molecule has 152 valence electrons. The Kier molecular flexibility index (Phi) is 6.52. The summed E-state index contributed by atoms with van der Waals surface area (Å²) in [6.07, 6.45) is 0. The van der Waals surface area contributed by atoms with Gasteiger partial charge in [0.05, 0.1) is 0 Å². The van der Waals surface area contributed by atoms with Crippen LogP contribution < -0.4 is 9.61 Å². The lowest BCUT2D eigenvalue weighted by Crippen LogP contribution is -2.33. The largest absolute Gasteiger partial charge is 0.460 e. The molecule has 0 fully saturated rings. The standard InChI is InChI=1S/C20H17ClF2NO4P/c1-13(20(25)27-12-15-9-10-16(22)11-18(15)23)24-29(21,26)28-19-8-4-6-14-5-2-3-7-17(14)19/h2-11,13H,12H2,1H3,(H,24,26)/t13-,29?/m0/s1. The van der Waals surface area contributed by atoms with Crippen molar-refractivity contribution in [2.24, 2.45) is 0 Å². The third-order valence-corrected chi connectivity index (χ3v) is 5.68. The molecule has 0 radical (unpaired) electrons. The molecule has 0 aliphatic carbocycles. The van der Waals surface area contributed by atoms with Crippen molar-refractivity contribution in [3.05, 3.63) is 77.9 Å². The first-order valence-corrected chi connectivity index (χ1v) is 11.1. The predicted octanol–water partition coefficient (Wildman–Crippen LogP) is 5.57. The lowest BCUT2D eigenvalue weighted by molar-refractivity contribution is -0.146. The van der Waals surface area contributed by atoms with Gasteiger partial charge in [-0.15, -0.1) is 0 Å². The molecule has 2 atom stereocenters. The minimum atomic E-state index is -3.94. The van der Waals surface area contributed by atoms with Gasteiger partial charge in [-0.25, -0.2) is 18.4 Å². The Morgan fingerprint density at radius 1 is 1.14 bits per heavy atom. The van der Waals surface area contributed by atoms with Gasteiger partial charge in [-0.05, 0) is 30.5 Å². The van der Waals surface area contributed by atoms with E-state index in [0.29, 0.717) is 17.2 Å². The highest BCUT2D eigenvalue weighted by molar-refractivity contribution is 7.84. The second-order valence-corrected chi connectivity index (χ2v) is 8.98. The highest BCUT2D eigenvalue weighted by atomic mass is 35.7. The Balaban J connectivity index is 1.63. The molecule has 5 nitrogen and oxygen atoms in total. The molecule has 0 aliphatic rings. The first-order chi connectivity index (χ1) is 13.7. The summed E-state index contributed by atoms with van der Waals surface area (Å²) in [4.78, 5) is 12.1.